The van der Waals surface area contributed by atoms with Crippen molar-refractivity contribution in [2.24, 2.45) is 0 Å². The zero-order chi connectivity index (χ0) is 18.1. The summed E-state index contributed by atoms with van der Waals surface area (Å²) < 4.78 is 5.10. The van der Waals surface area contributed by atoms with E-state index in [1.807, 2.05) is 0 Å². The number of carboxylic acids is 1. The second kappa shape index (κ2) is 6.37. The number of phenolic OH excluding ortho intramolecular Hbond substituents is 2. The molecule has 0 aliphatic carbocycles. The average Bonchev–Trinajstić information content (AvgIpc) is 3.03. The number of hydrogen-bond acceptors (Lipinski definition) is 5. The molecule has 0 radical (unpaired) electrons. The van der Waals surface area contributed by atoms with Gasteiger partial charge in [-0.2, -0.15) is 5.10 Å². The van der Waals surface area contributed by atoms with E-state index in [0.29, 0.717) is 11.3 Å². The third-order valence-corrected chi connectivity index (χ3v) is 3.98. The number of H-pyrrole nitrogens is 1. The summed E-state index contributed by atoms with van der Waals surface area (Å²) in [7, 11) is 1.53. The van der Waals surface area contributed by atoms with E-state index < -0.39 is 5.97 Å². The van der Waals surface area contributed by atoms with Crippen molar-refractivity contribution in [3.8, 4) is 39.6 Å². The molecule has 7 nitrogen and oxygen atoms in total. The van der Waals surface area contributed by atoms with E-state index in [-0.39, 0.29) is 39.0 Å². The minimum absolute atomic E-state index is 0.00774. The van der Waals surface area contributed by atoms with Crippen LogP contribution in [0.25, 0.3) is 22.4 Å². The van der Waals surface area contributed by atoms with E-state index in [9.17, 15) is 20.1 Å². The fraction of sp³-hybridized carbons (Fsp3) is 0.0588. The number of aromatic hydroxyl groups is 2. The van der Waals surface area contributed by atoms with Gasteiger partial charge in [-0.3, -0.25) is 5.10 Å². The molecule has 3 aromatic rings. The van der Waals surface area contributed by atoms with Gasteiger partial charge < -0.3 is 20.1 Å². The molecular formula is C17H13ClN2O5. The smallest absolute Gasteiger partial charge is 0.354 e. The number of aromatic amines is 1. The Morgan fingerprint density at radius 3 is 2.44 bits per heavy atom. The molecule has 0 saturated carbocycles. The van der Waals surface area contributed by atoms with Crippen molar-refractivity contribution in [2.45, 2.75) is 0 Å². The van der Waals surface area contributed by atoms with Crippen LogP contribution in [0, 0.1) is 0 Å². The first-order valence-corrected chi connectivity index (χ1v) is 7.48. The minimum Gasteiger partial charge on any atom is -0.507 e. The molecular weight excluding hydrogens is 348 g/mol. The van der Waals surface area contributed by atoms with Gasteiger partial charge in [0, 0.05) is 17.2 Å². The number of aromatic carboxylic acids is 1. The molecule has 3 rings (SSSR count). The Morgan fingerprint density at radius 2 is 1.84 bits per heavy atom. The molecule has 128 valence electrons. The van der Waals surface area contributed by atoms with Gasteiger partial charge in [-0.05, 0) is 23.8 Å². The minimum atomic E-state index is -1.20. The van der Waals surface area contributed by atoms with Crippen LogP contribution in [0.5, 0.6) is 17.2 Å². The van der Waals surface area contributed by atoms with Crippen LogP contribution in [0.1, 0.15) is 10.5 Å². The number of ether oxygens (including phenoxy) is 1. The lowest BCUT2D eigenvalue weighted by atomic mass is 9.98. The maximum absolute atomic E-state index is 11.5. The van der Waals surface area contributed by atoms with Crippen LogP contribution in [0.3, 0.4) is 0 Å². The summed E-state index contributed by atoms with van der Waals surface area (Å²) in [6.07, 6.45) is 0. The highest BCUT2D eigenvalue weighted by atomic mass is 35.5. The first kappa shape index (κ1) is 16.7. The molecule has 0 bridgehead atoms. The van der Waals surface area contributed by atoms with Gasteiger partial charge in [-0.15, -0.1) is 0 Å². The molecule has 25 heavy (non-hydrogen) atoms. The average molecular weight is 361 g/mol. The molecule has 0 unspecified atom stereocenters. The first-order valence-electron chi connectivity index (χ1n) is 7.10. The van der Waals surface area contributed by atoms with Gasteiger partial charge in [-0.25, -0.2) is 4.79 Å². The number of benzene rings is 2. The molecule has 0 atom stereocenters. The second-order valence-corrected chi connectivity index (χ2v) is 5.58. The highest BCUT2D eigenvalue weighted by Gasteiger charge is 2.23. The summed E-state index contributed by atoms with van der Waals surface area (Å²) in [4.78, 5) is 11.5. The molecule has 1 aromatic heterocycles. The molecule has 0 saturated heterocycles. The zero-order valence-electron chi connectivity index (χ0n) is 12.9. The molecule has 2 aromatic carbocycles. The van der Waals surface area contributed by atoms with Crippen LogP contribution in [0.15, 0.2) is 36.4 Å². The number of nitrogens with zero attached hydrogens (tertiary/aromatic N) is 1. The summed E-state index contributed by atoms with van der Waals surface area (Å²) in [5.74, 6) is -1.15. The summed E-state index contributed by atoms with van der Waals surface area (Å²) in [6.45, 7) is 0. The Balaban J connectivity index is 2.25. The number of hydrogen-bond donors (Lipinski definition) is 4. The van der Waals surface area contributed by atoms with Gasteiger partial charge in [0.05, 0.1) is 12.1 Å². The van der Waals surface area contributed by atoms with E-state index in [1.54, 1.807) is 24.3 Å². The summed E-state index contributed by atoms with van der Waals surface area (Å²) >= 11 is 5.91. The quantitative estimate of drug-likeness (QED) is 0.565. The maximum atomic E-state index is 11.5. The lowest BCUT2D eigenvalue weighted by Gasteiger charge is -2.09. The van der Waals surface area contributed by atoms with E-state index >= 15 is 0 Å². The van der Waals surface area contributed by atoms with Crippen molar-refractivity contribution in [3.63, 3.8) is 0 Å². The molecule has 1 heterocycles. The number of carbonyl (C=O) groups is 1. The highest BCUT2D eigenvalue weighted by molar-refractivity contribution is 6.32. The van der Waals surface area contributed by atoms with E-state index in [0.717, 1.165) is 6.07 Å². The Labute approximate surface area is 147 Å². The molecule has 0 spiro atoms. The Hall–Kier alpha value is -3.19. The SMILES string of the molecule is COc1ccc(-c2c(-c3cc(Cl)c(O)cc3O)n[nH]c2C(=O)O)cc1. The first-order chi connectivity index (χ1) is 11.9. The lowest BCUT2D eigenvalue weighted by Crippen LogP contribution is -1.99. The number of rotatable bonds is 4. The number of phenols is 2. The number of methoxy groups -OCH3 is 1. The highest BCUT2D eigenvalue weighted by Crippen LogP contribution is 2.41. The largest absolute Gasteiger partial charge is 0.507 e. The second-order valence-electron chi connectivity index (χ2n) is 5.18. The van der Waals surface area contributed by atoms with Gasteiger partial charge >= 0.3 is 5.97 Å². The van der Waals surface area contributed by atoms with Crippen molar-refractivity contribution >= 4 is 17.6 Å². The molecule has 4 N–H and O–H groups in total. The fourth-order valence-electron chi connectivity index (χ4n) is 2.47. The number of aromatic nitrogens is 2. The van der Waals surface area contributed by atoms with E-state index in [2.05, 4.69) is 10.2 Å². The van der Waals surface area contributed by atoms with Crippen LogP contribution in [-0.2, 0) is 0 Å². The Morgan fingerprint density at radius 1 is 1.16 bits per heavy atom. The van der Waals surface area contributed by atoms with Crippen molar-refractivity contribution in [2.75, 3.05) is 7.11 Å². The Bertz CT molecular complexity index is 950. The number of carboxylic acid groups (broad SMARTS) is 1. The van der Waals surface area contributed by atoms with E-state index in [1.165, 1.54) is 13.2 Å². The van der Waals surface area contributed by atoms with Gasteiger partial charge in [0.15, 0.2) is 5.69 Å². The van der Waals surface area contributed by atoms with Gasteiger partial charge in [0.1, 0.15) is 22.9 Å². The third-order valence-electron chi connectivity index (χ3n) is 3.68. The lowest BCUT2D eigenvalue weighted by molar-refractivity contribution is 0.0691. The van der Waals surface area contributed by atoms with Crippen LogP contribution >= 0.6 is 11.6 Å². The van der Waals surface area contributed by atoms with Crippen molar-refractivity contribution in [3.05, 3.63) is 47.1 Å². The zero-order valence-corrected chi connectivity index (χ0v) is 13.7. The van der Waals surface area contributed by atoms with Gasteiger partial charge in [0.2, 0.25) is 0 Å². The molecule has 8 heteroatoms. The monoisotopic (exact) mass is 360 g/mol. The maximum Gasteiger partial charge on any atom is 0.354 e. The normalized spacial score (nSPS) is 10.6. The van der Waals surface area contributed by atoms with Crippen LogP contribution in [0.4, 0.5) is 0 Å². The predicted octanol–water partition coefficient (Wildman–Crippen LogP) is 3.52. The van der Waals surface area contributed by atoms with Crippen LogP contribution in [-0.4, -0.2) is 38.6 Å². The van der Waals surface area contributed by atoms with Crippen LogP contribution < -0.4 is 4.74 Å². The van der Waals surface area contributed by atoms with E-state index in [4.69, 9.17) is 16.3 Å². The number of halogens is 1. The van der Waals surface area contributed by atoms with Gasteiger partial charge in [0.25, 0.3) is 0 Å². The summed E-state index contributed by atoms with van der Waals surface area (Å²) in [5.41, 5.74) is 1.10. The van der Waals surface area contributed by atoms with Crippen LogP contribution in [0.2, 0.25) is 5.02 Å². The molecule has 0 fully saturated rings. The molecule has 0 aliphatic heterocycles. The summed E-state index contributed by atoms with van der Waals surface area (Å²) in [6, 6.07) is 9.12. The van der Waals surface area contributed by atoms with Crippen molar-refractivity contribution in [1.29, 1.82) is 0 Å². The topological polar surface area (TPSA) is 116 Å². The molecule has 0 amide bonds. The summed E-state index contributed by atoms with van der Waals surface area (Å²) in [5, 5.41) is 35.6. The Kier molecular flexibility index (Phi) is 4.24. The number of nitrogens with one attached hydrogen (secondary N) is 1. The van der Waals surface area contributed by atoms with Crippen molar-refractivity contribution in [1.82, 2.24) is 10.2 Å². The van der Waals surface area contributed by atoms with Crippen molar-refractivity contribution < 1.29 is 24.9 Å². The predicted molar refractivity (Wildman–Crippen MR) is 91.3 cm³/mol. The fourth-order valence-corrected chi connectivity index (χ4v) is 2.63. The molecule has 0 aliphatic rings. The van der Waals surface area contributed by atoms with Gasteiger partial charge in [-0.1, -0.05) is 23.7 Å². The third kappa shape index (κ3) is 2.97. The standard InChI is InChI=1S/C17H13ClN2O5/c1-25-9-4-2-8(3-5-9)14-15(19-20-16(14)17(23)24)10-6-11(18)13(22)7-12(10)21/h2-7,21-22H,1H3,(H,19,20)(H,23,24).